The van der Waals surface area contributed by atoms with E-state index in [1.165, 1.54) is 135 Å². The van der Waals surface area contributed by atoms with Gasteiger partial charge in [-0.15, -0.1) is 0 Å². The summed E-state index contributed by atoms with van der Waals surface area (Å²) in [5.41, 5.74) is 0. The van der Waals surface area contributed by atoms with Crippen LogP contribution in [0.3, 0.4) is 0 Å². The molecular formula is C64H110O6. The summed E-state index contributed by atoms with van der Waals surface area (Å²) in [5, 5.41) is 0. The van der Waals surface area contributed by atoms with E-state index in [2.05, 4.69) is 106 Å². The lowest BCUT2D eigenvalue weighted by molar-refractivity contribution is -0.167. The fourth-order valence-corrected chi connectivity index (χ4v) is 8.15. The maximum Gasteiger partial charge on any atom is 0.306 e. The number of unbranched alkanes of at least 4 members (excludes halogenated alkanes) is 28. The molecule has 0 rings (SSSR count). The summed E-state index contributed by atoms with van der Waals surface area (Å²) in [6.45, 7) is 6.48. The Hall–Kier alpha value is -3.41. The minimum Gasteiger partial charge on any atom is -0.462 e. The lowest BCUT2D eigenvalue weighted by atomic mass is 10.1. The van der Waals surface area contributed by atoms with Crippen molar-refractivity contribution < 1.29 is 28.6 Å². The number of carbonyl (C=O) groups excluding carboxylic acids is 3. The number of hydrogen-bond donors (Lipinski definition) is 0. The lowest BCUT2D eigenvalue weighted by Crippen LogP contribution is -2.30. The maximum absolute atomic E-state index is 12.9. The summed E-state index contributed by atoms with van der Waals surface area (Å²) >= 11 is 0. The van der Waals surface area contributed by atoms with Crippen molar-refractivity contribution in [3.05, 3.63) is 85.1 Å². The third-order valence-electron chi connectivity index (χ3n) is 12.6. The minimum absolute atomic E-state index is 0.0867. The first-order valence-corrected chi connectivity index (χ1v) is 29.6. The van der Waals surface area contributed by atoms with Gasteiger partial charge in [-0.3, -0.25) is 14.4 Å². The lowest BCUT2D eigenvalue weighted by Gasteiger charge is -2.18. The van der Waals surface area contributed by atoms with Gasteiger partial charge in [-0.05, 0) is 109 Å². The molecule has 0 saturated heterocycles. The molecule has 0 heterocycles. The summed E-state index contributed by atoms with van der Waals surface area (Å²) in [6.07, 6.45) is 75.7. The monoisotopic (exact) mass is 975 g/mol. The molecule has 1 unspecified atom stereocenters. The van der Waals surface area contributed by atoms with Gasteiger partial charge in [-0.1, -0.05) is 241 Å². The molecule has 402 valence electrons. The highest BCUT2D eigenvalue weighted by atomic mass is 16.6. The second-order valence-corrected chi connectivity index (χ2v) is 19.5. The fourth-order valence-electron chi connectivity index (χ4n) is 8.15. The molecule has 6 nitrogen and oxygen atoms in total. The highest BCUT2D eigenvalue weighted by Crippen LogP contribution is 2.15. The van der Waals surface area contributed by atoms with E-state index in [-0.39, 0.29) is 31.1 Å². The van der Waals surface area contributed by atoms with Crippen LogP contribution in [0.25, 0.3) is 0 Å². The SMILES string of the molecule is CC/C=C\C/C=C\C/C=C\C/C=C\CCCCCCCCCCC(=O)OCC(COC(=O)CCCCCCC/C=C\C/C=C\CCCC)OC(=O)CCCCCCCCC/C=C\CCCCCCCC. The molecule has 0 saturated carbocycles. The number of ether oxygens (including phenoxy) is 3. The van der Waals surface area contributed by atoms with Crippen molar-refractivity contribution in [2.24, 2.45) is 0 Å². The summed E-state index contributed by atoms with van der Waals surface area (Å²) in [5.74, 6) is -0.905. The predicted molar refractivity (Wildman–Crippen MR) is 302 cm³/mol. The quantitative estimate of drug-likeness (QED) is 0.0261. The second-order valence-electron chi connectivity index (χ2n) is 19.5. The molecule has 0 bridgehead atoms. The molecule has 0 aliphatic heterocycles. The van der Waals surface area contributed by atoms with Crippen molar-refractivity contribution in [1.82, 2.24) is 0 Å². The van der Waals surface area contributed by atoms with Crippen LogP contribution in [-0.2, 0) is 28.6 Å². The summed E-state index contributed by atoms with van der Waals surface area (Å²) in [7, 11) is 0. The average Bonchev–Trinajstić information content (AvgIpc) is 3.36. The van der Waals surface area contributed by atoms with Crippen molar-refractivity contribution in [1.29, 1.82) is 0 Å². The summed E-state index contributed by atoms with van der Waals surface area (Å²) in [6, 6.07) is 0. The Labute approximate surface area is 433 Å². The molecule has 0 fully saturated rings. The van der Waals surface area contributed by atoms with E-state index in [0.29, 0.717) is 19.3 Å². The molecule has 0 aromatic carbocycles. The van der Waals surface area contributed by atoms with Crippen LogP contribution in [0.1, 0.15) is 284 Å². The zero-order chi connectivity index (χ0) is 50.7. The predicted octanol–water partition coefficient (Wildman–Crippen LogP) is 19.9. The molecule has 70 heavy (non-hydrogen) atoms. The highest BCUT2D eigenvalue weighted by Gasteiger charge is 2.19. The highest BCUT2D eigenvalue weighted by molar-refractivity contribution is 5.71. The molecule has 6 heteroatoms. The summed E-state index contributed by atoms with van der Waals surface area (Å²) < 4.78 is 16.9. The van der Waals surface area contributed by atoms with Crippen LogP contribution in [-0.4, -0.2) is 37.2 Å². The van der Waals surface area contributed by atoms with Gasteiger partial charge < -0.3 is 14.2 Å². The number of carbonyl (C=O) groups is 3. The molecule has 0 radical (unpaired) electrons. The number of esters is 3. The van der Waals surface area contributed by atoms with E-state index in [4.69, 9.17) is 14.2 Å². The molecular weight excluding hydrogens is 865 g/mol. The van der Waals surface area contributed by atoms with Gasteiger partial charge in [-0.2, -0.15) is 0 Å². The van der Waals surface area contributed by atoms with E-state index in [9.17, 15) is 14.4 Å². The van der Waals surface area contributed by atoms with Gasteiger partial charge in [-0.25, -0.2) is 0 Å². The zero-order valence-corrected chi connectivity index (χ0v) is 46.0. The second kappa shape index (κ2) is 58.2. The molecule has 1 atom stereocenters. The maximum atomic E-state index is 12.9. The van der Waals surface area contributed by atoms with Gasteiger partial charge >= 0.3 is 17.9 Å². The smallest absolute Gasteiger partial charge is 0.306 e. The van der Waals surface area contributed by atoms with Gasteiger partial charge in [0.05, 0.1) is 0 Å². The third kappa shape index (κ3) is 55.5. The molecule has 0 amide bonds. The average molecular weight is 976 g/mol. The van der Waals surface area contributed by atoms with Gasteiger partial charge in [0.15, 0.2) is 6.10 Å². The van der Waals surface area contributed by atoms with Gasteiger partial charge in [0, 0.05) is 19.3 Å². The molecule has 0 aliphatic rings. The number of allylic oxidation sites excluding steroid dienone is 14. The Balaban J connectivity index is 4.39. The van der Waals surface area contributed by atoms with Crippen LogP contribution in [0.4, 0.5) is 0 Å². The first-order valence-electron chi connectivity index (χ1n) is 29.6. The summed E-state index contributed by atoms with van der Waals surface area (Å²) in [4.78, 5) is 38.2. The molecule has 0 aromatic rings. The third-order valence-corrected chi connectivity index (χ3v) is 12.6. The van der Waals surface area contributed by atoms with Gasteiger partial charge in [0.2, 0.25) is 0 Å². The minimum atomic E-state index is -0.789. The fraction of sp³-hybridized carbons (Fsp3) is 0.734. The Bertz CT molecular complexity index is 1350. The largest absolute Gasteiger partial charge is 0.462 e. The first kappa shape index (κ1) is 66.6. The normalized spacial score (nSPS) is 12.7. The standard InChI is InChI=1S/C64H110O6/c1-4-7-10-13-16-19-22-25-28-30-31-32-33-35-36-39-42-45-48-51-54-57-63(66)69-60-61(59-68-62(65)56-53-50-47-44-41-38-27-24-21-18-15-12-9-6-3)70-64(67)58-55-52-49-46-43-40-37-34-29-26-23-20-17-14-11-8-5-2/h7,10,15-16,18-19,24-29,31-32,61H,4-6,8-9,11-14,17,20-23,30,33-60H2,1-3H3/b10-7-,18-15-,19-16-,27-24-,28-25-,29-26-,32-31-. The topological polar surface area (TPSA) is 78.9 Å². The van der Waals surface area contributed by atoms with Crippen molar-refractivity contribution >= 4 is 17.9 Å². The van der Waals surface area contributed by atoms with E-state index < -0.39 is 6.10 Å². The van der Waals surface area contributed by atoms with Gasteiger partial charge in [0.25, 0.3) is 0 Å². The Kier molecular flexibility index (Phi) is 55.3. The van der Waals surface area contributed by atoms with Crippen LogP contribution >= 0.6 is 0 Å². The number of rotatable bonds is 53. The van der Waals surface area contributed by atoms with Crippen LogP contribution < -0.4 is 0 Å². The van der Waals surface area contributed by atoms with E-state index in [0.717, 1.165) is 109 Å². The Morgan fingerprint density at radius 2 is 0.571 bits per heavy atom. The Morgan fingerprint density at radius 3 is 0.929 bits per heavy atom. The van der Waals surface area contributed by atoms with Crippen molar-refractivity contribution in [2.75, 3.05) is 13.2 Å². The van der Waals surface area contributed by atoms with E-state index in [1.54, 1.807) is 0 Å². The number of hydrogen-bond acceptors (Lipinski definition) is 6. The van der Waals surface area contributed by atoms with Crippen molar-refractivity contribution in [3.8, 4) is 0 Å². The molecule has 0 aromatic heterocycles. The van der Waals surface area contributed by atoms with E-state index in [1.807, 2.05) is 0 Å². The van der Waals surface area contributed by atoms with Crippen LogP contribution in [0.15, 0.2) is 85.1 Å². The van der Waals surface area contributed by atoms with Crippen LogP contribution in [0, 0.1) is 0 Å². The molecule has 0 aliphatic carbocycles. The van der Waals surface area contributed by atoms with E-state index >= 15 is 0 Å². The van der Waals surface area contributed by atoms with Crippen LogP contribution in [0.2, 0.25) is 0 Å². The first-order chi connectivity index (χ1) is 34.5. The van der Waals surface area contributed by atoms with Crippen molar-refractivity contribution in [2.45, 2.75) is 290 Å². The Morgan fingerprint density at radius 1 is 0.300 bits per heavy atom. The molecule has 0 spiro atoms. The zero-order valence-electron chi connectivity index (χ0n) is 46.0. The van der Waals surface area contributed by atoms with Crippen molar-refractivity contribution in [3.63, 3.8) is 0 Å². The van der Waals surface area contributed by atoms with Crippen LogP contribution in [0.5, 0.6) is 0 Å². The van der Waals surface area contributed by atoms with Gasteiger partial charge in [0.1, 0.15) is 13.2 Å². The molecule has 0 N–H and O–H groups in total.